The molecule has 0 saturated heterocycles. The van der Waals surface area contributed by atoms with E-state index in [0.717, 1.165) is 40.2 Å². The van der Waals surface area contributed by atoms with E-state index in [1.807, 2.05) is 12.1 Å². The van der Waals surface area contributed by atoms with E-state index in [0.29, 0.717) is 5.75 Å². The molecule has 0 aromatic heterocycles. The summed E-state index contributed by atoms with van der Waals surface area (Å²) in [6, 6.07) is 10.3. The molecule has 2 aromatic carbocycles. The van der Waals surface area contributed by atoms with Gasteiger partial charge in [-0.3, -0.25) is 4.90 Å². The standard InChI is InChI=1S/C18H19BrN2O3/c1-21-7-6-11-8-14-16(24-10-23-14)17(22-2)15(11)18(21)20-13-5-3-4-12(19)9-13/h3-5,8-9,18,20H,6-7,10H2,1-2H3/t18-/m0/s1. The zero-order valence-electron chi connectivity index (χ0n) is 13.6. The Morgan fingerprint density at radius 3 is 2.96 bits per heavy atom. The molecule has 1 atom stereocenters. The van der Waals surface area contributed by atoms with E-state index in [1.54, 1.807) is 7.11 Å². The van der Waals surface area contributed by atoms with Crippen molar-refractivity contribution in [1.82, 2.24) is 4.90 Å². The number of rotatable bonds is 3. The van der Waals surface area contributed by atoms with E-state index in [4.69, 9.17) is 14.2 Å². The fourth-order valence-electron chi connectivity index (χ4n) is 3.35. The first-order valence-electron chi connectivity index (χ1n) is 7.89. The summed E-state index contributed by atoms with van der Waals surface area (Å²) in [5.41, 5.74) is 3.41. The average molecular weight is 391 g/mol. The van der Waals surface area contributed by atoms with Crippen molar-refractivity contribution in [1.29, 1.82) is 0 Å². The molecule has 126 valence electrons. The second-order valence-electron chi connectivity index (χ2n) is 6.00. The number of likely N-dealkylation sites (N-methyl/N-ethyl adjacent to an activating group) is 1. The zero-order chi connectivity index (χ0) is 16.7. The van der Waals surface area contributed by atoms with Gasteiger partial charge in [-0.05, 0) is 43.3 Å². The summed E-state index contributed by atoms with van der Waals surface area (Å²) in [5.74, 6) is 2.24. The molecule has 24 heavy (non-hydrogen) atoms. The maximum Gasteiger partial charge on any atom is 0.231 e. The lowest BCUT2D eigenvalue weighted by atomic mass is 9.94. The van der Waals surface area contributed by atoms with Crippen LogP contribution in [0, 0.1) is 0 Å². The summed E-state index contributed by atoms with van der Waals surface area (Å²) in [4.78, 5) is 2.29. The molecular weight excluding hydrogens is 372 g/mol. The molecular formula is C18H19BrN2O3. The number of nitrogens with one attached hydrogen (secondary N) is 1. The molecule has 0 aliphatic carbocycles. The summed E-state index contributed by atoms with van der Waals surface area (Å²) in [5, 5.41) is 3.61. The Morgan fingerprint density at radius 2 is 2.17 bits per heavy atom. The van der Waals surface area contributed by atoms with E-state index < -0.39 is 0 Å². The fraction of sp³-hybridized carbons (Fsp3) is 0.333. The monoisotopic (exact) mass is 390 g/mol. The minimum atomic E-state index is 0.00694. The summed E-state index contributed by atoms with van der Waals surface area (Å²) in [6.45, 7) is 1.20. The lowest BCUT2D eigenvalue weighted by Gasteiger charge is -2.36. The first-order valence-corrected chi connectivity index (χ1v) is 8.68. The third-order valence-corrected chi connectivity index (χ3v) is 5.02. The average Bonchev–Trinajstić information content (AvgIpc) is 3.04. The summed E-state index contributed by atoms with van der Waals surface area (Å²) < 4.78 is 18.0. The lowest BCUT2D eigenvalue weighted by Crippen LogP contribution is -2.37. The Hall–Kier alpha value is -1.92. The number of hydrogen-bond acceptors (Lipinski definition) is 5. The molecule has 6 heteroatoms. The second-order valence-corrected chi connectivity index (χ2v) is 6.92. The molecule has 2 heterocycles. The van der Waals surface area contributed by atoms with Crippen LogP contribution < -0.4 is 19.5 Å². The molecule has 5 nitrogen and oxygen atoms in total. The maximum atomic E-state index is 5.71. The van der Waals surface area contributed by atoms with Crippen LogP contribution in [0.5, 0.6) is 17.2 Å². The van der Waals surface area contributed by atoms with Gasteiger partial charge in [0.15, 0.2) is 11.5 Å². The van der Waals surface area contributed by atoms with Crippen molar-refractivity contribution in [2.75, 3.05) is 32.8 Å². The number of nitrogens with zero attached hydrogens (tertiary/aromatic N) is 1. The molecule has 0 fully saturated rings. The number of anilines is 1. The Morgan fingerprint density at radius 1 is 1.29 bits per heavy atom. The van der Waals surface area contributed by atoms with Crippen molar-refractivity contribution in [3.63, 3.8) is 0 Å². The molecule has 2 aliphatic heterocycles. The molecule has 0 radical (unpaired) electrons. The molecule has 0 unspecified atom stereocenters. The number of benzene rings is 2. The van der Waals surface area contributed by atoms with Gasteiger partial charge in [0.05, 0.1) is 7.11 Å². The van der Waals surface area contributed by atoms with Gasteiger partial charge in [-0.25, -0.2) is 0 Å². The fourth-order valence-corrected chi connectivity index (χ4v) is 3.75. The molecule has 2 aliphatic rings. The summed E-state index contributed by atoms with van der Waals surface area (Å²) in [6.07, 6.45) is 0.961. The van der Waals surface area contributed by atoms with Crippen molar-refractivity contribution in [3.8, 4) is 17.2 Å². The molecule has 0 spiro atoms. The second kappa shape index (κ2) is 6.18. The van der Waals surface area contributed by atoms with Crippen molar-refractivity contribution < 1.29 is 14.2 Å². The van der Waals surface area contributed by atoms with Crippen LogP contribution in [0.2, 0.25) is 0 Å². The smallest absolute Gasteiger partial charge is 0.231 e. The van der Waals surface area contributed by atoms with Crippen LogP contribution >= 0.6 is 15.9 Å². The normalized spacial score (nSPS) is 19.0. The third kappa shape index (κ3) is 2.59. The van der Waals surface area contributed by atoms with Crippen molar-refractivity contribution in [3.05, 3.63) is 45.9 Å². The van der Waals surface area contributed by atoms with Gasteiger partial charge in [-0.15, -0.1) is 0 Å². The van der Waals surface area contributed by atoms with Crippen molar-refractivity contribution in [2.24, 2.45) is 0 Å². The molecule has 0 saturated carbocycles. The minimum Gasteiger partial charge on any atom is -0.492 e. The summed E-state index contributed by atoms with van der Waals surface area (Å²) >= 11 is 3.53. The highest BCUT2D eigenvalue weighted by atomic mass is 79.9. The number of halogens is 1. The van der Waals surface area contributed by atoms with Gasteiger partial charge < -0.3 is 19.5 Å². The number of fused-ring (bicyclic) bond motifs is 2. The van der Waals surface area contributed by atoms with Crippen LogP contribution in [0.15, 0.2) is 34.8 Å². The van der Waals surface area contributed by atoms with Gasteiger partial charge in [0.2, 0.25) is 12.5 Å². The highest BCUT2D eigenvalue weighted by Crippen LogP contribution is 2.49. The van der Waals surface area contributed by atoms with E-state index in [-0.39, 0.29) is 13.0 Å². The van der Waals surface area contributed by atoms with Gasteiger partial charge in [-0.1, -0.05) is 22.0 Å². The molecule has 1 N–H and O–H groups in total. The Bertz CT molecular complexity index is 781. The number of methoxy groups -OCH3 is 1. The van der Waals surface area contributed by atoms with Crippen LogP contribution in [-0.2, 0) is 6.42 Å². The largest absolute Gasteiger partial charge is 0.492 e. The zero-order valence-corrected chi connectivity index (χ0v) is 15.2. The molecule has 0 amide bonds. The lowest BCUT2D eigenvalue weighted by molar-refractivity contribution is 0.170. The first-order chi connectivity index (χ1) is 11.7. The molecule has 2 aromatic rings. The van der Waals surface area contributed by atoms with Crippen LogP contribution in [0.4, 0.5) is 5.69 Å². The Balaban J connectivity index is 1.79. The molecule has 0 bridgehead atoms. The highest BCUT2D eigenvalue weighted by molar-refractivity contribution is 9.10. The van der Waals surface area contributed by atoms with Crippen LogP contribution in [-0.4, -0.2) is 32.4 Å². The van der Waals surface area contributed by atoms with E-state index in [9.17, 15) is 0 Å². The van der Waals surface area contributed by atoms with Gasteiger partial charge >= 0.3 is 0 Å². The third-order valence-electron chi connectivity index (χ3n) is 4.52. The SMILES string of the molecule is COc1c2c(cc3c1[C@@H](Nc1cccc(Br)c1)N(C)CC3)OCO2. The maximum absolute atomic E-state index is 5.71. The quantitative estimate of drug-likeness (QED) is 0.863. The van der Waals surface area contributed by atoms with Gasteiger partial charge in [0.25, 0.3) is 0 Å². The van der Waals surface area contributed by atoms with Gasteiger partial charge in [0, 0.05) is 22.3 Å². The van der Waals surface area contributed by atoms with Crippen molar-refractivity contribution >= 4 is 21.6 Å². The van der Waals surface area contributed by atoms with E-state index >= 15 is 0 Å². The van der Waals surface area contributed by atoms with Crippen LogP contribution in [0.3, 0.4) is 0 Å². The van der Waals surface area contributed by atoms with Gasteiger partial charge in [-0.2, -0.15) is 0 Å². The number of hydrogen-bond donors (Lipinski definition) is 1. The molecule has 4 rings (SSSR count). The van der Waals surface area contributed by atoms with E-state index in [1.165, 1.54) is 5.56 Å². The van der Waals surface area contributed by atoms with Crippen LogP contribution in [0.1, 0.15) is 17.3 Å². The minimum absolute atomic E-state index is 0.00694. The highest BCUT2D eigenvalue weighted by Gasteiger charge is 2.33. The van der Waals surface area contributed by atoms with E-state index in [2.05, 4.69) is 51.4 Å². The van der Waals surface area contributed by atoms with Crippen molar-refractivity contribution in [2.45, 2.75) is 12.6 Å². The van der Waals surface area contributed by atoms with Crippen LogP contribution in [0.25, 0.3) is 0 Å². The van der Waals surface area contributed by atoms with Gasteiger partial charge in [0.1, 0.15) is 6.17 Å². The first kappa shape index (κ1) is 15.6. The number of ether oxygens (including phenoxy) is 3. The topological polar surface area (TPSA) is 43.0 Å². The predicted octanol–water partition coefficient (Wildman–Crippen LogP) is 3.79. The Kier molecular flexibility index (Phi) is 4.02. The predicted molar refractivity (Wildman–Crippen MR) is 96.0 cm³/mol. The summed E-state index contributed by atoms with van der Waals surface area (Å²) in [7, 11) is 3.80. The Labute approximate surface area is 149 Å².